The summed E-state index contributed by atoms with van der Waals surface area (Å²) >= 11 is 5.02. The molecule has 2 nitrogen and oxygen atoms in total. The molecule has 0 rings (SSSR count). The van der Waals surface area contributed by atoms with Crippen LogP contribution in [-0.4, -0.2) is 5.24 Å². The Morgan fingerprint density at radius 1 is 1.73 bits per heavy atom. The van der Waals surface area contributed by atoms with Gasteiger partial charge >= 0.3 is 0 Å². The number of nitriles is 1. The number of allylic oxidation sites excluding steroid dienone is 3. The van der Waals surface area contributed by atoms with Gasteiger partial charge in [-0.2, -0.15) is 5.26 Å². The van der Waals surface area contributed by atoms with Gasteiger partial charge in [0.25, 0.3) is 0 Å². The molecule has 0 fully saturated rings. The quantitative estimate of drug-likeness (QED) is 0.345. The minimum absolute atomic E-state index is 0.373. The predicted octanol–water partition coefficient (Wildman–Crippen LogP) is 2.41. The number of carbonyl (C=O) groups excluding carboxylic acids is 1. The van der Waals surface area contributed by atoms with Gasteiger partial charge in [-0.1, -0.05) is 12.7 Å². The second-order valence-corrected chi connectivity index (χ2v) is 1.92. The van der Waals surface area contributed by atoms with Gasteiger partial charge in [-0.25, -0.2) is 0 Å². The van der Waals surface area contributed by atoms with E-state index in [0.717, 1.165) is 0 Å². The maximum atomic E-state index is 10.1. The van der Waals surface area contributed by atoms with E-state index in [0.29, 0.717) is 5.57 Å². The fraction of sp³-hybridized carbons (Fsp3) is 0.250. The van der Waals surface area contributed by atoms with Gasteiger partial charge in [0.05, 0.1) is 6.07 Å². The van der Waals surface area contributed by atoms with Crippen LogP contribution in [0, 0.1) is 11.3 Å². The van der Waals surface area contributed by atoms with Gasteiger partial charge in [0.1, 0.15) is 0 Å². The van der Waals surface area contributed by atoms with Crippen LogP contribution in [0.1, 0.15) is 13.8 Å². The van der Waals surface area contributed by atoms with Crippen molar-refractivity contribution in [1.29, 1.82) is 5.26 Å². The van der Waals surface area contributed by atoms with Crippen LogP contribution in [0.2, 0.25) is 0 Å². The molecule has 11 heavy (non-hydrogen) atoms. The fourth-order valence-electron chi connectivity index (χ4n) is 0.113. The molecule has 0 amide bonds. The number of hydrogen-bond donors (Lipinski definition) is 0. The molecular weight excluding hydrogens is 162 g/mol. The van der Waals surface area contributed by atoms with Gasteiger partial charge in [0.15, 0.2) is 0 Å². The number of nitrogens with zero attached hydrogens (tertiary/aromatic N) is 1. The Morgan fingerprint density at radius 2 is 2.09 bits per heavy atom. The lowest BCUT2D eigenvalue weighted by atomic mass is 10.3. The van der Waals surface area contributed by atoms with E-state index in [-0.39, 0.29) is 5.24 Å². The first-order valence-electron chi connectivity index (χ1n) is 2.93. The van der Waals surface area contributed by atoms with Crippen molar-refractivity contribution in [2.75, 3.05) is 0 Å². The van der Waals surface area contributed by atoms with Gasteiger partial charge in [0.2, 0.25) is 5.24 Å². The first-order valence-corrected chi connectivity index (χ1v) is 3.31. The fourth-order valence-corrected chi connectivity index (χ4v) is 0.223. The molecule has 60 valence electrons. The smallest absolute Gasteiger partial charge is 0.247 e. The second-order valence-electron chi connectivity index (χ2n) is 1.58. The van der Waals surface area contributed by atoms with Gasteiger partial charge in [-0.05, 0) is 25.4 Å². The highest BCUT2D eigenvalue weighted by Gasteiger charge is 1.92. The Kier molecular flexibility index (Phi) is 10.2. The highest BCUT2D eigenvalue weighted by molar-refractivity contribution is 6.67. The Labute approximate surface area is 71.8 Å². The summed E-state index contributed by atoms with van der Waals surface area (Å²) in [5, 5.41) is 7.13. The van der Waals surface area contributed by atoms with Crippen molar-refractivity contribution in [2.45, 2.75) is 13.8 Å². The molecular formula is C8H10ClNO. The van der Waals surface area contributed by atoms with E-state index in [4.69, 9.17) is 16.9 Å². The molecule has 0 atom stereocenters. The third-order valence-electron chi connectivity index (χ3n) is 0.834. The van der Waals surface area contributed by atoms with Gasteiger partial charge < -0.3 is 0 Å². The van der Waals surface area contributed by atoms with Crippen LogP contribution >= 0.6 is 11.6 Å². The van der Waals surface area contributed by atoms with Crippen molar-refractivity contribution in [1.82, 2.24) is 0 Å². The zero-order valence-electron chi connectivity index (χ0n) is 6.60. The minimum atomic E-state index is -0.373. The standard InChI is InChI=1S/C5H7ClO.C3H3N/c1-3-4(2)5(6)7;1-2-3-4/h3H,1-2H3;2H,1H2. The topological polar surface area (TPSA) is 40.9 Å². The zero-order chi connectivity index (χ0) is 9.28. The van der Waals surface area contributed by atoms with Gasteiger partial charge in [-0.3, -0.25) is 4.79 Å². The largest absolute Gasteiger partial charge is 0.276 e. The summed E-state index contributed by atoms with van der Waals surface area (Å²) in [6.07, 6.45) is 2.86. The first kappa shape index (κ1) is 12.6. The maximum Gasteiger partial charge on any atom is 0.247 e. The first-order chi connectivity index (χ1) is 5.09. The van der Waals surface area contributed by atoms with E-state index in [1.807, 2.05) is 0 Å². The van der Waals surface area contributed by atoms with E-state index in [2.05, 4.69) is 6.58 Å². The average molecular weight is 172 g/mol. The van der Waals surface area contributed by atoms with Crippen LogP contribution in [0.25, 0.3) is 0 Å². The maximum absolute atomic E-state index is 10.1. The van der Waals surface area contributed by atoms with Crippen LogP contribution < -0.4 is 0 Å². The minimum Gasteiger partial charge on any atom is -0.276 e. The monoisotopic (exact) mass is 171 g/mol. The highest BCUT2D eigenvalue weighted by Crippen LogP contribution is 1.95. The van der Waals surface area contributed by atoms with Crippen LogP contribution in [0.15, 0.2) is 24.3 Å². The molecule has 0 saturated heterocycles. The van der Waals surface area contributed by atoms with Gasteiger partial charge in [-0.15, -0.1) is 0 Å². The summed E-state index contributed by atoms with van der Waals surface area (Å²) in [4.78, 5) is 10.1. The van der Waals surface area contributed by atoms with Gasteiger partial charge in [0, 0.05) is 11.6 Å². The molecule has 0 radical (unpaired) electrons. The van der Waals surface area contributed by atoms with E-state index >= 15 is 0 Å². The lowest BCUT2D eigenvalue weighted by molar-refractivity contribution is -0.108. The zero-order valence-corrected chi connectivity index (χ0v) is 7.35. The van der Waals surface area contributed by atoms with E-state index in [9.17, 15) is 4.79 Å². The third-order valence-corrected chi connectivity index (χ3v) is 1.13. The molecule has 0 aromatic rings. The van der Waals surface area contributed by atoms with E-state index in [1.165, 1.54) is 6.08 Å². The van der Waals surface area contributed by atoms with Crippen molar-refractivity contribution in [3.63, 3.8) is 0 Å². The molecule has 0 aliphatic rings. The van der Waals surface area contributed by atoms with Crippen LogP contribution in [-0.2, 0) is 4.79 Å². The predicted molar refractivity (Wildman–Crippen MR) is 46.1 cm³/mol. The highest BCUT2D eigenvalue weighted by atomic mass is 35.5. The molecule has 0 unspecified atom stereocenters. The Hall–Kier alpha value is -1.07. The normalized spacial score (nSPS) is 8.73. The Morgan fingerprint density at radius 3 is 2.09 bits per heavy atom. The van der Waals surface area contributed by atoms with Crippen LogP contribution in [0.3, 0.4) is 0 Å². The lowest BCUT2D eigenvalue weighted by Gasteiger charge is -1.82. The summed E-state index contributed by atoms with van der Waals surface area (Å²) < 4.78 is 0. The van der Waals surface area contributed by atoms with E-state index < -0.39 is 0 Å². The summed E-state index contributed by atoms with van der Waals surface area (Å²) in [6, 6.07) is 1.69. The van der Waals surface area contributed by atoms with Crippen molar-refractivity contribution in [3.8, 4) is 6.07 Å². The number of halogens is 1. The molecule has 0 aromatic heterocycles. The van der Waals surface area contributed by atoms with Crippen molar-refractivity contribution >= 4 is 16.8 Å². The number of rotatable bonds is 1. The van der Waals surface area contributed by atoms with Crippen molar-refractivity contribution < 1.29 is 4.79 Å². The summed E-state index contributed by atoms with van der Waals surface area (Å²) in [7, 11) is 0. The second kappa shape index (κ2) is 8.93. The van der Waals surface area contributed by atoms with E-state index in [1.54, 1.807) is 26.0 Å². The Bertz CT molecular complexity index is 201. The van der Waals surface area contributed by atoms with Crippen molar-refractivity contribution in [3.05, 3.63) is 24.3 Å². The number of carbonyl (C=O) groups is 1. The Balaban J connectivity index is 0. The summed E-state index contributed by atoms with van der Waals surface area (Å²) in [6.45, 7) is 6.57. The molecule has 0 saturated carbocycles. The molecule has 0 N–H and O–H groups in total. The number of hydrogen-bond acceptors (Lipinski definition) is 2. The molecule has 3 heteroatoms. The third kappa shape index (κ3) is 12.2. The SMILES string of the molecule is C=CC#N.CC=C(C)C(=O)Cl. The molecule has 0 aliphatic carbocycles. The molecule has 0 bridgehead atoms. The van der Waals surface area contributed by atoms with Crippen LogP contribution in [0.4, 0.5) is 0 Å². The summed E-state index contributed by atoms with van der Waals surface area (Å²) in [5.41, 5.74) is 0.599. The van der Waals surface area contributed by atoms with Crippen LogP contribution in [0.5, 0.6) is 0 Å². The average Bonchev–Trinajstić information content (AvgIpc) is 2.03. The molecule has 0 aliphatic heterocycles. The summed E-state index contributed by atoms with van der Waals surface area (Å²) in [5.74, 6) is 0. The molecule has 0 aromatic carbocycles. The molecule has 0 heterocycles. The van der Waals surface area contributed by atoms with Crippen molar-refractivity contribution in [2.24, 2.45) is 0 Å². The lowest BCUT2D eigenvalue weighted by Crippen LogP contribution is -1.84. The molecule has 0 spiro atoms.